The average Bonchev–Trinajstić information content (AvgIpc) is 1.98. The van der Waals surface area contributed by atoms with Crippen LogP contribution < -0.4 is 0 Å². The summed E-state index contributed by atoms with van der Waals surface area (Å²) < 4.78 is 0. The number of nitrogens with one attached hydrogen (secondary N) is 1. The Balaban J connectivity index is 4.00. The summed E-state index contributed by atoms with van der Waals surface area (Å²) in [6.45, 7) is 8.24. The fraction of sp³-hybridized carbons (Fsp3) is 0.700. The Labute approximate surface area is 70.0 Å². The first-order valence-electron chi connectivity index (χ1n) is 4.31. The van der Waals surface area contributed by atoms with Crippen molar-refractivity contribution >= 4 is 5.71 Å². The van der Waals surface area contributed by atoms with Crippen molar-refractivity contribution in [2.45, 2.75) is 40.5 Å². The first kappa shape index (κ1) is 10.4. The molecule has 0 aliphatic rings. The van der Waals surface area contributed by atoms with Crippen LogP contribution in [0.4, 0.5) is 0 Å². The molecule has 0 aliphatic heterocycles. The molecule has 1 N–H and O–H groups in total. The molecule has 1 nitrogen and oxygen atoms in total. The Morgan fingerprint density at radius 3 is 2.36 bits per heavy atom. The number of hydrogen-bond acceptors (Lipinski definition) is 1. The summed E-state index contributed by atoms with van der Waals surface area (Å²) in [5, 5.41) is 7.43. The molecule has 0 heterocycles. The second kappa shape index (κ2) is 5.11. The summed E-state index contributed by atoms with van der Waals surface area (Å²) in [6, 6.07) is 0. The molecule has 64 valence electrons. The zero-order valence-corrected chi connectivity index (χ0v) is 8.07. The summed E-state index contributed by atoms with van der Waals surface area (Å²) in [4.78, 5) is 0. The smallest absolute Gasteiger partial charge is 0.0141 e. The van der Waals surface area contributed by atoms with Crippen molar-refractivity contribution in [2.75, 3.05) is 0 Å². The molecular weight excluding hydrogens is 134 g/mol. The van der Waals surface area contributed by atoms with Crippen LogP contribution in [0.2, 0.25) is 0 Å². The minimum Gasteiger partial charge on any atom is -0.309 e. The SMILES string of the molecule is CCC/C=C(/C)C(C)C(C)=N. The first-order valence-corrected chi connectivity index (χ1v) is 4.31. The standard InChI is InChI=1S/C10H19N/c1-5-6-7-8(2)9(3)10(4)11/h7,9,11H,5-6H2,1-4H3/b8-7-,11-10?. The lowest BCUT2D eigenvalue weighted by Gasteiger charge is -2.09. The van der Waals surface area contributed by atoms with Gasteiger partial charge in [0, 0.05) is 11.6 Å². The van der Waals surface area contributed by atoms with Crippen LogP contribution in [0.15, 0.2) is 11.6 Å². The molecule has 0 bridgehead atoms. The lowest BCUT2D eigenvalue weighted by Crippen LogP contribution is -2.06. The molecule has 0 saturated heterocycles. The van der Waals surface area contributed by atoms with E-state index in [2.05, 4.69) is 26.8 Å². The summed E-state index contributed by atoms with van der Waals surface area (Å²) in [7, 11) is 0. The quantitative estimate of drug-likeness (QED) is 0.473. The number of allylic oxidation sites excluding steroid dienone is 2. The van der Waals surface area contributed by atoms with Crippen molar-refractivity contribution in [2.24, 2.45) is 5.92 Å². The Morgan fingerprint density at radius 2 is 2.00 bits per heavy atom. The van der Waals surface area contributed by atoms with Crippen LogP contribution in [-0.2, 0) is 0 Å². The lowest BCUT2D eigenvalue weighted by atomic mass is 9.97. The molecule has 0 aliphatic carbocycles. The van der Waals surface area contributed by atoms with E-state index in [1.54, 1.807) is 0 Å². The van der Waals surface area contributed by atoms with Crippen LogP contribution in [0.5, 0.6) is 0 Å². The van der Waals surface area contributed by atoms with E-state index in [4.69, 9.17) is 5.41 Å². The van der Waals surface area contributed by atoms with Gasteiger partial charge in [0.25, 0.3) is 0 Å². The molecule has 0 fully saturated rings. The van der Waals surface area contributed by atoms with E-state index in [0.29, 0.717) is 5.92 Å². The molecule has 1 atom stereocenters. The molecule has 0 aromatic carbocycles. The minimum atomic E-state index is 0.335. The van der Waals surface area contributed by atoms with Crippen LogP contribution in [0.3, 0.4) is 0 Å². The fourth-order valence-corrected chi connectivity index (χ4v) is 0.890. The average molecular weight is 153 g/mol. The zero-order valence-electron chi connectivity index (χ0n) is 8.07. The van der Waals surface area contributed by atoms with Gasteiger partial charge in [0.05, 0.1) is 0 Å². The lowest BCUT2D eigenvalue weighted by molar-refractivity contribution is 0.865. The van der Waals surface area contributed by atoms with Gasteiger partial charge in [-0.25, -0.2) is 0 Å². The van der Waals surface area contributed by atoms with Gasteiger partial charge in [-0.3, -0.25) is 0 Å². The Hall–Kier alpha value is -0.590. The second-order valence-corrected chi connectivity index (χ2v) is 3.14. The van der Waals surface area contributed by atoms with E-state index in [0.717, 1.165) is 12.1 Å². The van der Waals surface area contributed by atoms with Crippen molar-refractivity contribution in [3.63, 3.8) is 0 Å². The molecular formula is C10H19N. The third-order valence-electron chi connectivity index (χ3n) is 2.09. The maximum absolute atomic E-state index is 7.43. The minimum absolute atomic E-state index is 0.335. The van der Waals surface area contributed by atoms with Crippen molar-refractivity contribution in [1.82, 2.24) is 0 Å². The normalized spacial score (nSPS) is 14.7. The Morgan fingerprint density at radius 1 is 1.45 bits per heavy atom. The van der Waals surface area contributed by atoms with Gasteiger partial charge in [-0.05, 0) is 20.3 Å². The molecule has 0 amide bonds. The van der Waals surface area contributed by atoms with Crippen LogP contribution in [0.25, 0.3) is 0 Å². The van der Waals surface area contributed by atoms with Crippen molar-refractivity contribution in [1.29, 1.82) is 5.41 Å². The van der Waals surface area contributed by atoms with E-state index in [1.165, 1.54) is 12.0 Å². The molecule has 0 aromatic rings. The van der Waals surface area contributed by atoms with Crippen LogP contribution >= 0.6 is 0 Å². The molecule has 11 heavy (non-hydrogen) atoms. The molecule has 0 rings (SSSR count). The van der Waals surface area contributed by atoms with Crippen LogP contribution in [-0.4, -0.2) is 5.71 Å². The highest BCUT2D eigenvalue weighted by Crippen LogP contribution is 2.11. The summed E-state index contributed by atoms with van der Waals surface area (Å²) in [5.41, 5.74) is 2.09. The van der Waals surface area contributed by atoms with Crippen molar-refractivity contribution < 1.29 is 0 Å². The maximum Gasteiger partial charge on any atom is 0.0141 e. The van der Waals surface area contributed by atoms with Gasteiger partial charge >= 0.3 is 0 Å². The number of rotatable bonds is 4. The third-order valence-corrected chi connectivity index (χ3v) is 2.09. The molecule has 0 spiro atoms. The van der Waals surface area contributed by atoms with E-state index in [1.807, 2.05) is 6.92 Å². The highest BCUT2D eigenvalue weighted by atomic mass is 14.4. The van der Waals surface area contributed by atoms with Crippen molar-refractivity contribution in [3.8, 4) is 0 Å². The van der Waals surface area contributed by atoms with E-state index >= 15 is 0 Å². The second-order valence-electron chi connectivity index (χ2n) is 3.14. The Bertz CT molecular complexity index is 156. The molecule has 0 aromatic heterocycles. The predicted molar refractivity (Wildman–Crippen MR) is 51.2 cm³/mol. The van der Waals surface area contributed by atoms with E-state index < -0.39 is 0 Å². The van der Waals surface area contributed by atoms with E-state index in [9.17, 15) is 0 Å². The summed E-state index contributed by atoms with van der Waals surface area (Å²) >= 11 is 0. The first-order chi connectivity index (χ1) is 5.09. The topological polar surface area (TPSA) is 23.9 Å². The summed E-state index contributed by atoms with van der Waals surface area (Å²) in [6.07, 6.45) is 4.58. The number of unbranched alkanes of at least 4 members (excludes halogenated alkanes) is 1. The molecule has 0 radical (unpaired) electrons. The number of hydrogen-bond donors (Lipinski definition) is 1. The van der Waals surface area contributed by atoms with Gasteiger partial charge in [0.2, 0.25) is 0 Å². The van der Waals surface area contributed by atoms with Gasteiger partial charge in [-0.2, -0.15) is 0 Å². The summed E-state index contributed by atoms with van der Waals surface area (Å²) in [5.74, 6) is 0.335. The maximum atomic E-state index is 7.43. The largest absolute Gasteiger partial charge is 0.309 e. The van der Waals surface area contributed by atoms with Gasteiger partial charge in [0.1, 0.15) is 0 Å². The van der Waals surface area contributed by atoms with E-state index in [-0.39, 0.29) is 0 Å². The zero-order chi connectivity index (χ0) is 8.85. The predicted octanol–water partition coefficient (Wildman–Crippen LogP) is 3.41. The molecule has 0 saturated carbocycles. The highest BCUT2D eigenvalue weighted by molar-refractivity contribution is 5.83. The molecule has 1 unspecified atom stereocenters. The van der Waals surface area contributed by atoms with Crippen LogP contribution in [0, 0.1) is 11.3 Å². The fourth-order valence-electron chi connectivity index (χ4n) is 0.890. The van der Waals surface area contributed by atoms with Gasteiger partial charge < -0.3 is 5.41 Å². The third kappa shape index (κ3) is 3.97. The van der Waals surface area contributed by atoms with Crippen molar-refractivity contribution in [3.05, 3.63) is 11.6 Å². The van der Waals surface area contributed by atoms with Gasteiger partial charge in [-0.15, -0.1) is 0 Å². The Kier molecular flexibility index (Phi) is 4.84. The monoisotopic (exact) mass is 153 g/mol. The van der Waals surface area contributed by atoms with Crippen LogP contribution in [0.1, 0.15) is 40.5 Å². The van der Waals surface area contributed by atoms with Gasteiger partial charge in [-0.1, -0.05) is 31.9 Å². The molecule has 1 heteroatoms. The van der Waals surface area contributed by atoms with Gasteiger partial charge in [0.15, 0.2) is 0 Å². The highest BCUT2D eigenvalue weighted by Gasteiger charge is 2.04.